The molecule has 0 aliphatic carbocycles. The maximum atomic E-state index is 12.6. The van der Waals surface area contributed by atoms with Gasteiger partial charge in [-0.3, -0.25) is 9.59 Å². The topological polar surface area (TPSA) is 67.4 Å². The van der Waals surface area contributed by atoms with E-state index in [1.54, 1.807) is 25.3 Å². The fourth-order valence-electron chi connectivity index (χ4n) is 2.88. The number of benzene rings is 3. The van der Waals surface area contributed by atoms with Crippen LogP contribution in [0.25, 0.3) is 0 Å². The zero-order valence-corrected chi connectivity index (χ0v) is 18.0. The molecule has 3 aromatic rings. The molecule has 5 nitrogen and oxygen atoms in total. The molecule has 0 heterocycles. The number of anilines is 2. The Morgan fingerprint density at radius 3 is 2.47 bits per heavy atom. The lowest BCUT2D eigenvalue weighted by Crippen LogP contribution is -2.22. The Balaban J connectivity index is 1.64. The number of hydrogen-bond acceptors (Lipinski definition) is 4. The van der Waals surface area contributed by atoms with E-state index < -0.39 is 0 Å². The van der Waals surface area contributed by atoms with Gasteiger partial charge in [-0.15, -0.1) is 11.8 Å². The molecule has 0 aliphatic heterocycles. The summed E-state index contributed by atoms with van der Waals surface area (Å²) >= 11 is 1.42. The summed E-state index contributed by atoms with van der Waals surface area (Å²) in [6.07, 6.45) is 0. The number of methoxy groups -OCH3 is 1. The third-order valence-corrected chi connectivity index (χ3v) is 5.51. The lowest BCUT2D eigenvalue weighted by molar-refractivity contribution is -0.115. The highest BCUT2D eigenvalue weighted by Gasteiger charge is 2.16. The molecule has 3 rings (SSSR count). The third-order valence-electron chi connectivity index (χ3n) is 4.42. The van der Waals surface area contributed by atoms with Crippen LogP contribution in [0.15, 0.2) is 77.7 Å². The van der Waals surface area contributed by atoms with Crippen LogP contribution >= 0.6 is 11.8 Å². The standard InChI is InChI=1S/C24H24N2O3S/c1-16-8-6-9-18(14-16)24(28)25-19-10-7-11-20(15-19)30-17(2)23(27)26-21-12-4-5-13-22(21)29-3/h4-15,17H,1-3H3,(H,25,28)(H,26,27). The Morgan fingerprint density at radius 1 is 0.933 bits per heavy atom. The fourth-order valence-corrected chi connectivity index (χ4v) is 3.80. The van der Waals surface area contributed by atoms with Gasteiger partial charge in [0, 0.05) is 16.1 Å². The van der Waals surface area contributed by atoms with Gasteiger partial charge >= 0.3 is 0 Å². The van der Waals surface area contributed by atoms with Crippen LogP contribution in [0.3, 0.4) is 0 Å². The minimum Gasteiger partial charge on any atom is -0.495 e. The quantitative estimate of drug-likeness (QED) is 0.504. The molecule has 1 atom stereocenters. The van der Waals surface area contributed by atoms with Gasteiger partial charge < -0.3 is 15.4 Å². The molecule has 2 amide bonds. The second-order valence-electron chi connectivity index (χ2n) is 6.80. The van der Waals surface area contributed by atoms with Gasteiger partial charge in [-0.2, -0.15) is 0 Å². The summed E-state index contributed by atoms with van der Waals surface area (Å²) in [5.41, 5.74) is 2.96. The molecule has 0 fully saturated rings. The van der Waals surface area contributed by atoms with Crippen molar-refractivity contribution in [1.29, 1.82) is 0 Å². The first-order chi connectivity index (χ1) is 14.5. The van der Waals surface area contributed by atoms with Gasteiger partial charge in [0.05, 0.1) is 18.0 Å². The second kappa shape index (κ2) is 9.98. The number of carbonyl (C=O) groups excluding carboxylic acids is 2. The Hall–Kier alpha value is -3.25. The first-order valence-corrected chi connectivity index (χ1v) is 10.4. The zero-order valence-electron chi connectivity index (χ0n) is 17.1. The minimum atomic E-state index is -0.336. The molecule has 0 saturated carbocycles. The van der Waals surface area contributed by atoms with Crippen molar-refractivity contribution < 1.29 is 14.3 Å². The van der Waals surface area contributed by atoms with Crippen molar-refractivity contribution in [1.82, 2.24) is 0 Å². The number of thioether (sulfide) groups is 1. The summed E-state index contributed by atoms with van der Waals surface area (Å²) < 4.78 is 5.28. The number of aryl methyl sites for hydroxylation is 1. The maximum Gasteiger partial charge on any atom is 0.255 e. The van der Waals surface area contributed by atoms with Crippen molar-refractivity contribution in [2.75, 3.05) is 17.7 Å². The van der Waals surface area contributed by atoms with E-state index in [1.807, 2.05) is 68.4 Å². The molecule has 30 heavy (non-hydrogen) atoms. The van der Waals surface area contributed by atoms with Crippen LogP contribution < -0.4 is 15.4 Å². The molecule has 0 radical (unpaired) electrons. The Labute approximate surface area is 180 Å². The first kappa shape index (κ1) is 21.5. The monoisotopic (exact) mass is 420 g/mol. The lowest BCUT2D eigenvalue weighted by Gasteiger charge is -2.14. The number of para-hydroxylation sites is 2. The van der Waals surface area contributed by atoms with Crippen molar-refractivity contribution in [3.8, 4) is 5.75 Å². The summed E-state index contributed by atoms with van der Waals surface area (Å²) in [6.45, 7) is 3.79. The highest BCUT2D eigenvalue weighted by Crippen LogP contribution is 2.28. The lowest BCUT2D eigenvalue weighted by atomic mass is 10.1. The van der Waals surface area contributed by atoms with E-state index in [2.05, 4.69) is 10.6 Å². The van der Waals surface area contributed by atoms with Crippen molar-refractivity contribution in [2.45, 2.75) is 24.0 Å². The van der Waals surface area contributed by atoms with Crippen LogP contribution in [0.4, 0.5) is 11.4 Å². The van der Waals surface area contributed by atoms with Crippen LogP contribution in [0, 0.1) is 6.92 Å². The van der Waals surface area contributed by atoms with Crippen LogP contribution in [0.5, 0.6) is 5.75 Å². The van der Waals surface area contributed by atoms with Gasteiger partial charge in [0.1, 0.15) is 5.75 Å². The molecule has 0 aliphatic rings. The van der Waals surface area contributed by atoms with E-state index in [0.29, 0.717) is 22.7 Å². The van der Waals surface area contributed by atoms with E-state index in [4.69, 9.17) is 4.74 Å². The number of amides is 2. The average Bonchev–Trinajstić information content (AvgIpc) is 2.74. The molecule has 0 bridgehead atoms. The van der Waals surface area contributed by atoms with Crippen molar-refractivity contribution in [3.63, 3.8) is 0 Å². The van der Waals surface area contributed by atoms with Crippen molar-refractivity contribution in [3.05, 3.63) is 83.9 Å². The Kier molecular flexibility index (Phi) is 7.14. The summed E-state index contributed by atoms with van der Waals surface area (Å²) in [5.74, 6) is 0.324. The predicted octanol–water partition coefficient (Wildman–Crippen LogP) is 5.38. The Bertz CT molecular complexity index is 1050. The highest BCUT2D eigenvalue weighted by atomic mass is 32.2. The number of ether oxygens (including phenoxy) is 1. The molecule has 2 N–H and O–H groups in total. The number of nitrogens with one attached hydrogen (secondary N) is 2. The molecule has 0 saturated heterocycles. The van der Waals surface area contributed by atoms with Crippen LogP contribution in [-0.4, -0.2) is 24.2 Å². The summed E-state index contributed by atoms with van der Waals surface area (Å²) in [7, 11) is 1.57. The van der Waals surface area contributed by atoms with Gasteiger partial charge in [0.15, 0.2) is 0 Å². The number of hydrogen-bond donors (Lipinski definition) is 2. The van der Waals surface area contributed by atoms with Gasteiger partial charge in [-0.1, -0.05) is 35.9 Å². The molecule has 154 valence electrons. The molecular formula is C24H24N2O3S. The smallest absolute Gasteiger partial charge is 0.255 e. The summed E-state index contributed by atoms with van der Waals surface area (Å²) in [6, 6.07) is 22.2. The van der Waals surface area contributed by atoms with Crippen LogP contribution in [-0.2, 0) is 4.79 Å². The average molecular weight is 421 g/mol. The fraction of sp³-hybridized carbons (Fsp3) is 0.167. The van der Waals surface area contributed by atoms with Crippen LogP contribution in [0.1, 0.15) is 22.8 Å². The van der Waals surface area contributed by atoms with Gasteiger partial charge in [0.2, 0.25) is 5.91 Å². The molecule has 6 heteroatoms. The van der Waals surface area contributed by atoms with Gasteiger partial charge in [0.25, 0.3) is 5.91 Å². The first-order valence-electron chi connectivity index (χ1n) is 9.55. The maximum absolute atomic E-state index is 12.6. The molecule has 1 unspecified atom stereocenters. The van der Waals surface area contributed by atoms with E-state index in [9.17, 15) is 9.59 Å². The number of carbonyl (C=O) groups is 2. The zero-order chi connectivity index (χ0) is 21.5. The molecular weight excluding hydrogens is 396 g/mol. The van der Waals surface area contributed by atoms with E-state index in [0.717, 1.165) is 10.5 Å². The van der Waals surface area contributed by atoms with Gasteiger partial charge in [-0.25, -0.2) is 0 Å². The predicted molar refractivity (Wildman–Crippen MR) is 123 cm³/mol. The van der Waals surface area contributed by atoms with Crippen molar-refractivity contribution in [2.24, 2.45) is 0 Å². The summed E-state index contributed by atoms with van der Waals surface area (Å²) in [4.78, 5) is 26.0. The Morgan fingerprint density at radius 2 is 1.70 bits per heavy atom. The van der Waals surface area contributed by atoms with Crippen LogP contribution in [0.2, 0.25) is 0 Å². The molecule has 0 aromatic heterocycles. The minimum absolute atomic E-state index is 0.126. The third kappa shape index (κ3) is 5.64. The second-order valence-corrected chi connectivity index (χ2v) is 8.22. The van der Waals surface area contributed by atoms with Crippen molar-refractivity contribution >= 4 is 35.0 Å². The van der Waals surface area contributed by atoms with E-state index >= 15 is 0 Å². The molecule has 0 spiro atoms. The highest BCUT2D eigenvalue weighted by molar-refractivity contribution is 8.00. The van der Waals surface area contributed by atoms with E-state index in [1.165, 1.54) is 11.8 Å². The summed E-state index contributed by atoms with van der Waals surface area (Å²) in [5, 5.41) is 5.48. The molecule has 3 aromatic carbocycles. The number of rotatable bonds is 7. The SMILES string of the molecule is COc1ccccc1NC(=O)C(C)Sc1cccc(NC(=O)c2cccc(C)c2)c1. The van der Waals surface area contributed by atoms with Gasteiger partial charge in [-0.05, 0) is 56.3 Å². The normalized spacial score (nSPS) is 11.4. The largest absolute Gasteiger partial charge is 0.495 e. The van der Waals surface area contributed by atoms with E-state index in [-0.39, 0.29) is 17.1 Å².